The van der Waals surface area contributed by atoms with Crippen LogP contribution in [-0.2, 0) is 0 Å². The van der Waals surface area contributed by atoms with Gasteiger partial charge in [-0.1, -0.05) is 26.5 Å². The molecule has 1 aromatic rings. The Balaban J connectivity index is 2.25. The summed E-state index contributed by atoms with van der Waals surface area (Å²) < 4.78 is 1.88. The van der Waals surface area contributed by atoms with Crippen LogP contribution in [0.25, 0.3) is 5.70 Å². The van der Waals surface area contributed by atoms with Crippen molar-refractivity contribution >= 4 is 11.5 Å². The third kappa shape index (κ3) is 3.10. The van der Waals surface area contributed by atoms with E-state index in [4.69, 9.17) is 0 Å². The van der Waals surface area contributed by atoms with Gasteiger partial charge in [0.15, 0.2) is 0 Å². The molecule has 2 heterocycles. The highest BCUT2D eigenvalue weighted by Crippen LogP contribution is 2.30. The summed E-state index contributed by atoms with van der Waals surface area (Å²) in [6, 6.07) is 2.57. The Morgan fingerprint density at radius 1 is 1.52 bits per heavy atom. The summed E-state index contributed by atoms with van der Waals surface area (Å²) in [5, 5.41) is 7.91. The third-order valence-corrected chi connectivity index (χ3v) is 4.09. The van der Waals surface area contributed by atoms with Gasteiger partial charge in [-0.15, -0.1) is 0 Å². The second kappa shape index (κ2) is 6.31. The first-order chi connectivity index (χ1) is 9.97. The zero-order chi connectivity index (χ0) is 15.6. The maximum absolute atomic E-state index is 4.51. The van der Waals surface area contributed by atoms with E-state index in [2.05, 4.69) is 49.4 Å². The number of rotatable bonds is 6. The van der Waals surface area contributed by atoms with Crippen LogP contribution in [0.2, 0.25) is 0 Å². The molecule has 2 rings (SSSR count). The highest BCUT2D eigenvalue weighted by Gasteiger charge is 2.23. The lowest BCUT2D eigenvalue weighted by Gasteiger charge is -2.30. The predicted molar refractivity (Wildman–Crippen MR) is 90.1 cm³/mol. The zero-order valence-electron chi connectivity index (χ0n) is 13.6. The van der Waals surface area contributed by atoms with Crippen LogP contribution >= 0.6 is 0 Å². The molecule has 0 spiro atoms. The number of nitrogens with zero attached hydrogens (tertiary/aromatic N) is 3. The minimum atomic E-state index is 0.544. The molecule has 0 radical (unpaired) electrons. The molecule has 1 aliphatic rings. The molecule has 1 aromatic heterocycles. The zero-order valence-corrected chi connectivity index (χ0v) is 13.6. The van der Waals surface area contributed by atoms with E-state index in [1.54, 1.807) is 0 Å². The van der Waals surface area contributed by atoms with Crippen LogP contribution in [0.5, 0.6) is 0 Å². The molecule has 4 heteroatoms. The van der Waals surface area contributed by atoms with Gasteiger partial charge in [-0.3, -0.25) is 4.90 Å². The summed E-state index contributed by atoms with van der Waals surface area (Å²) in [7, 11) is 2.16. The second-order valence-corrected chi connectivity index (χ2v) is 5.80. The Hall–Kier alpha value is -1.81. The van der Waals surface area contributed by atoms with Gasteiger partial charge < -0.3 is 5.32 Å². The number of hydrogen-bond acceptors (Lipinski definition) is 3. The van der Waals surface area contributed by atoms with Crippen molar-refractivity contribution in [1.82, 2.24) is 14.7 Å². The lowest BCUT2D eigenvalue weighted by Crippen LogP contribution is -2.33. The van der Waals surface area contributed by atoms with E-state index in [1.807, 2.05) is 23.7 Å². The Labute approximate surface area is 127 Å². The molecule has 0 aromatic carbocycles. The predicted octanol–water partition coefficient (Wildman–Crippen LogP) is 3.65. The Morgan fingerprint density at radius 3 is 2.86 bits per heavy atom. The quantitative estimate of drug-likeness (QED) is 0.866. The summed E-state index contributed by atoms with van der Waals surface area (Å²) in [4.78, 5) is 2.36. The van der Waals surface area contributed by atoms with Gasteiger partial charge in [0.2, 0.25) is 0 Å². The standard InChI is InChI=1S/C17H26N4/c1-7-9-13(4)20(6)11-15-14(5)21-17(10-12(3)19-21)18-16(15)8-2/h8,10,13,18H,2,5,7,9,11H2,1,3-4,6H3. The number of nitrogens with one attached hydrogen (secondary N) is 1. The molecule has 1 N–H and O–H groups in total. The number of aromatic nitrogens is 2. The fourth-order valence-electron chi connectivity index (χ4n) is 2.69. The molecular weight excluding hydrogens is 260 g/mol. The molecule has 1 aliphatic heterocycles. The van der Waals surface area contributed by atoms with Crippen molar-refractivity contribution in [3.05, 3.63) is 42.3 Å². The Bertz CT molecular complexity index is 580. The minimum absolute atomic E-state index is 0.544. The van der Waals surface area contributed by atoms with Gasteiger partial charge in [0, 0.05) is 29.9 Å². The molecular formula is C17H26N4. The smallest absolute Gasteiger partial charge is 0.134 e. The summed E-state index contributed by atoms with van der Waals surface area (Å²) in [5.41, 5.74) is 4.10. The lowest BCUT2D eigenvalue weighted by atomic mass is 10.1. The molecule has 0 amide bonds. The Kier molecular flexibility index (Phi) is 4.68. The maximum atomic E-state index is 4.51. The first-order valence-corrected chi connectivity index (χ1v) is 7.57. The average Bonchev–Trinajstić information content (AvgIpc) is 2.82. The van der Waals surface area contributed by atoms with Crippen LogP contribution in [-0.4, -0.2) is 34.3 Å². The third-order valence-electron chi connectivity index (χ3n) is 4.09. The van der Waals surface area contributed by atoms with E-state index in [0.717, 1.165) is 35.0 Å². The SMILES string of the molecule is C=CC1=C(CN(C)C(C)CCC)C(=C)n2nc(C)cc2N1. The van der Waals surface area contributed by atoms with Crippen LogP contribution in [0, 0.1) is 6.92 Å². The number of anilines is 1. The van der Waals surface area contributed by atoms with Crippen molar-refractivity contribution in [2.45, 2.75) is 39.7 Å². The molecule has 1 atom stereocenters. The summed E-state index contributed by atoms with van der Waals surface area (Å²) >= 11 is 0. The second-order valence-electron chi connectivity index (χ2n) is 5.80. The van der Waals surface area contributed by atoms with Crippen molar-refractivity contribution < 1.29 is 0 Å². The van der Waals surface area contributed by atoms with Gasteiger partial charge in [-0.2, -0.15) is 5.10 Å². The molecule has 0 saturated carbocycles. The largest absolute Gasteiger partial charge is 0.340 e. The number of allylic oxidation sites excluding steroid dienone is 1. The average molecular weight is 286 g/mol. The van der Waals surface area contributed by atoms with E-state index in [1.165, 1.54) is 12.8 Å². The first kappa shape index (κ1) is 15.6. The molecule has 1 unspecified atom stereocenters. The monoisotopic (exact) mass is 286 g/mol. The fraction of sp³-hybridized carbons (Fsp3) is 0.471. The normalized spacial score (nSPS) is 16.0. The molecule has 0 bridgehead atoms. The number of aryl methyl sites for hydroxylation is 1. The van der Waals surface area contributed by atoms with Gasteiger partial charge >= 0.3 is 0 Å². The van der Waals surface area contributed by atoms with Crippen molar-refractivity contribution in [3.63, 3.8) is 0 Å². The first-order valence-electron chi connectivity index (χ1n) is 7.57. The summed E-state index contributed by atoms with van der Waals surface area (Å²) in [5.74, 6) is 0.959. The maximum Gasteiger partial charge on any atom is 0.134 e. The Morgan fingerprint density at radius 2 is 2.24 bits per heavy atom. The topological polar surface area (TPSA) is 33.1 Å². The number of fused-ring (bicyclic) bond motifs is 1. The van der Waals surface area contributed by atoms with Crippen LogP contribution in [0.15, 0.2) is 36.6 Å². The molecule has 21 heavy (non-hydrogen) atoms. The fourth-order valence-corrected chi connectivity index (χ4v) is 2.69. The highest BCUT2D eigenvalue weighted by atomic mass is 15.4. The minimum Gasteiger partial charge on any atom is -0.340 e. The highest BCUT2D eigenvalue weighted by molar-refractivity contribution is 5.75. The van der Waals surface area contributed by atoms with Crippen molar-refractivity contribution in [2.24, 2.45) is 0 Å². The van der Waals surface area contributed by atoms with E-state index < -0.39 is 0 Å². The van der Waals surface area contributed by atoms with Crippen molar-refractivity contribution in [2.75, 3.05) is 18.9 Å². The van der Waals surface area contributed by atoms with Gasteiger partial charge in [-0.25, -0.2) is 4.68 Å². The van der Waals surface area contributed by atoms with Gasteiger partial charge in [0.05, 0.1) is 11.4 Å². The van der Waals surface area contributed by atoms with E-state index in [9.17, 15) is 0 Å². The van der Waals surface area contributed by atoms with Crippen LogP contribution in [0.3, 0.4) is 0 Å². The molecule has 0 saturated heterocycles. The van der Waals surface area contributed by atoms with Gasteiger partial charge in [0.1, 0.15) is 5.82 Å². The van der Waals surface area contributed by atoms with Crippen molar-refractivity contribution in [3.8, 4) is 0 Å². The van der Waals surface area contributed by atoms with Crippen LogP contribution < -0.4 is 5.32 Å². The lowest BCUT2D eigenvalue weighted by molar-refractivity contribution is 0.265. The number of hydrogen-bond donors (Lipinski definition) is 1. The van der Waals surface area contributed by atoms with E-state index in [-0.39, 0.29) is 0 Å². The van der Waals surface area contributed by atoms with Gasteiger partial charge in [-0.05, 0) is 33.4 Å². The van der Waals surface area contributed by atoms with Gasteiger partial charge in [0.25, 0.3) is 0 Å². The molecule has 114 valence electrons. The van der Waals surface area contributed by atoms with Crippen LogP contribution in [0.1, 0.15) is 32.4 Å². The summed E-state index contributed by atoms with van der Waals surface area (Å²) in [6.45, 7) is 15.5. The van der Waals surface area contributed by atoms with Crippen molar-refractivity contribution in [1.29, 1.82) is 0 Å². The van der Waals surface area contributed by atoms with Crippen LogP contribution in [0.4, 0.5) is 5.82 Å². The molecule has 4 nitrogen and oxygen atoms in total. The number of likely N-dealkylation sites (N-methyl/N-ethyl adjacent to an activating group) is 1. The van der Waals surface area contributed by atoms with E-state index in [0.29, 0.717) is 6.04 Å². The molecule has 0 aliphatic carbocycles. The van der Waals surface area contributed by atoms with E-state index >= 15 is 0 Å². The summed E-state index contributed by atoms with van der Waals surface area (Å²) in [6.07, 6.45) is 4.25. The molecule has 0 fully saturated rings.